The molecule has 0 aromatic carbocycles. The van der Waals surface area contributed by atoms with Crippen molar-refractivity contribution >= 4 is 11.8 Å². The minimum atomic E-state index is -1.33. The summed E-state index contributed by atoms with van der Waals surface area (Å²) in [6, 6.07) is 0. The van der Waals surface area contributed by atoms with E-state index < -0.39 is 12.3 Å². The first-order valence-electron chi connectivity index (χ1n) is 4.65. The van der Waals surface area contributed by atoms with Crippen LogP contribution in [0.5, 0.6) is 0 Å². The second-order valence-corrected chi connectivity index (χ2v) is 3.35. The minimum Gasteiger partial charge on any atom is -0.457 e. The lowest BCUT2D eigenvalue weighted by atomic mass is 10.2. The number of ketones is 1. The van der Waals surface area contributed by atoms with E-state index in [9.17, 15) is 14.7 Å². The minimum absolute atomic E-state index is 0.227. The summed E-state index contributed by atoms with van der Waals surface area (Å²) in [5.41, 5.74) is 0.566. The van der Waals surface area contributed by atoms with Gasteiger partial charge in [-0.2, -0.15) is 0 Å². The van der Waals surface area contributed by atoms with Crippen LogP contribution in [0.2, 0.25) is 0 Å². The lowest BCUT2D eigenvalue weighted by Gasteiger charge is -2.11. The Bertz CT molecular complexity index is 275. The van der Waals surface area contributed by atoms with Gasteiger partial charge in [0.05, 0.1) is 0 Å². The average Bonchev–Trinajstić information content (AvgIpc) is 2.21. The number of aliphatic hydroxyl groups is 1. The van der Waals surface area contributed by atoms with Crippen LogP contribution in [0.3, 0.4) is 0 Å². The molecule has 0 rings (SSSR count). The molecule has 1 unspecified atom stereocenters. The molecule has 1 atom stereocenters. The summed E-state index contributed by atoms with van der Waals surface area (Å²) in [5, 5.41) is 9.20. The molecule has 5 nitrogen and oxygen atoms in total. The first-order chi connectivity index (χ1) is 7.34. The number of ether oxygens (including phenoxy) is 2. The van der Waals surface area contributed by atoms with Crippen molar-refractivity contribution in [1.29, 1.82) is 0 Å². The largest absolute Gasteiger partial charge is 0.457 e. The number of carbonyl (C=O) groups excluding carboxylic acids is 2. The van der Waals surface area contributed by atoms with Gasteiger partial charge in [-0.1, -0.05) is 13.2 Å². The van der Waals surface area contributed by atoms with Crippen molar-refractivity contribution < 1.29 is 24.2 Å². The molecule has 0 aromatic heterocycles. The standard InChI is InChI=1S/C11H16O5/c1-7(2)9(12)5-15-10(13)6-16-11(14)8(3)4/h10,13H,1,3,5-6H2,2,4H3. The van der Waals surface area contributed by atoms with Crippen LogP contribution in [0.25, 0.3) is 0 Å². The first kappa shape index (κ1) is 14.5. The van der Waals surface area contributed by atoms with Crippen LogP contribution in [0, 0.1) is 0 Å². The number of rotatable bonds is 7. The van der Waals surface area contributed by atoms with Crippen LogP contribution < -0.4 is 0 Å². The number of hydrogen-bond acceptors (Lipinski definition) is 5. The fraction of sp³-hybridized carbons (Fsp3) is 0.455. The van der Waals surface area contributed by atoms with E-state index in [1.165, 1.54) is 6.92 Å². The molecule has 0 amide bonds. The molecule has 16 heavy (non-hydrogen) atoms. The lowest BCUT2D eigenvalue weighted by Crippen LogP contribution is -2.24. The summed E-state index contributed by atoms with van der Waals surface area (Å²) in [5.74, 6) is -0.931. The summed E-state index contributed by atoms with van der Waals surface area (Å²) >= 11 is 0. The molecular weight excluding hydrogens is 212 g/mol. The van der Waals surface area contributed by atoms with Gasteiger partial charge >= 0.3 is 5.97 Å². The van der Waals surface area contributed by atoms with Gasteiger partial charge in [0.1, 0.15) is 13.2 Å². The molecule has 0 aliphatic carbocycles. The number of hydrogen-bond donors (Lipinski definition) is 1. The predicted octanol–water partition coefficient (Wildman–Crippen LogP) is 0.586. The maximum Gasteiger partial charge on any atom is 0.333 e. The van der Waals surface area contributed by atoms with Crippen LogP contribution in [-0.4, -0.2) is 36.4 Å². The quantitative estimate of drug-likeness (QED) is 0.392. The monoisotopic (exact) mass is 228 g/mol. The van der Waals surface area contributed by atoms with Crippen molar-refractivity contribution in [2.75, 3.05) is 13.2 Å². The molecule has 0 heterocycles. The zero-order chi connectivity index (χ0) is 12.7. The zero-order valence-corrected chi connectivity index (χ0v) is 9.49. The van der Waals surface area contributed by atoms with Gasteiger partial charge in [0.25, 0.3) is 0 Å². The van der Waals surface area contributed by atoms with Crippen molar-refractivity contribution in [3.63, 3.8) is 0 Å². The van der Waals surface area contributed by atoms with Crippen LogP contribution in [0.15, 0.2) is 24.3 Å². The fourth-order valence-electron chi connectivity index (χ4n) is 0.613. The molecule has 0 spiro atoms. The normalized spacial score (nSPS) is 11.7. The van der Waals surface area contributed by atoms with Crippen molar-refractivity contribution in [1.82, 2.24) is 0 Å². The highest BCUT2D eigenvalue weighted by Gasteiger charge is 2.11. The molecule has 0 aliphatic heterocycles. The highest BCUT2D eigenvalue weighted by molar-refractivity contribution is 5.95. The molecule has 0 saturated carbocycles. The maximum atomic E-state index is 11.0. The Labute approximate surface area is 94.4 Å². The third kappa shape index (κ3) is 6.10. The third-order valence-corrected chi connectivity index (χ3v) is 1.59. The number of carbonyl (C=O) groups is 2. The molecule has 0 saturated heterocycles. The Hall–Kier alpha value is -1.46. The van der Waals surface area contributed by atoms with E-state index in [2.05, 4.69) is 17.9 Å². The molecule has 0 aliphatic rings. The van der Waals surface area contributed by atoms with E-state index in [-0.39, 0.29) is 24.6 Å². The Morgan fingerprint density at radius 3 is 2.25 bits per heavy atom. The molecule has 5 heteroatoms. The Kier molecular flexibility index (Phi) is 6.29. The molecule has 0 aromatic rings. The van der Waals surface area contributed by atoms with Crippen LogP contribution in [0.1, 0.15) is 13.8 Å². The predicted molar refractivity (Wildman–Crippen MR) is 57.6 cm³/mol. The third-order valence-electron chi connectivity index (χ3n) is 1.59. The number of aliphatic hydroxyl groups excluding tert-OH is 1. The summed E-state index contributed by atoms with van der Waals surface area (Å²) in [6.45, 7) is 9.19. The smallest absolute Gasteiger partial charge is 0.333 e. The fourth-order valence-corrected chi connectivity index (χ4v) is 0.613. The molecular formula is C11H16O5. The van der Waals surface area contributed by atoms with E-state index in [0.29, 0.717) is 5.57 Å². The Balaban J connectivity index is 3.79. The summed E-state index contributed by atoms with van der Waals surface area (Å²) in [4.78, 5) is 22.0. The molecule has 90 valence electrons. The summed E-state index contributed by atoms with van der Waals surface area (Å²) in [7, 11) is 0. The van der Waals surface area contributed by atoms with Gasteiger partial charge in [-0.3, -0.25) is 4.79 Å². The van der Waals surface area contributed by atoms with Gasteiger partial charge in [-0.25, -0.2) is 4.79 Å². The summed E-state index contributed by atoms with van der Waals surface area (Å²) < 4.78 is 9.34. The Morgan fingerprint density at radius 2 is 1.81 bits per heavy atom. The SMILES string of the molecule is C=C(C)C(=O)COC(O)COC(=O)C(=C)C. The van der Waals surface area contributed by atoms with Crippen LogP contribution in [-0.2, 0) is 19.1 Å². The topological polar surface area (TPSA) is 72.8 Å². The van der Waals surface area contributed by atoms with E-state index in [1.54, 1.807) is 6.92 Å². The van der Waals surface area contributed by atoms with E-state index in [4.69, 9.17) is 4.74 Å². The van der Waals surface area contributed by atoms with Crippen molar-refractivity contribution in [3.8, 4) is 0 Å². The van der Waals surface area contributed by atoms with Crippen molar-refractivity contribution in [2.45, 2.75) is 20.1 Å². The van der Waals surface area contributed by atoms with Crippen LogP contribution in [0.4, 0.5) is 0 Å². The van der Waals surface area contributed by atoms with Gasteiger partial charge in [-0.15, -0.1) is 0 Å². The highest BCUT2D eigenvalue weighted by Crippen LogP contribution is 1.97. The summed E-state index contributed by atoms with van der Waals surface area (Å²) in [6.07, 6.45) is -1.33. The lowest BCUT2D eigenvalue weighted by molar-refractivity contribution is -0.164. The highest BCUT2D eigenvalue weighted by atomic mass is 16.6. The van der Waals surface area contributed by atoms with Crippen molar-refractivity contribution in [2.24, 2.45) is 0 Å². The van der Waals surface area contributed by atoms with Gasteiger partial charge in [0.15, 0.2) is 12.1 Å². The second-order valence-electron chi connectivity index (χ2n) is 3.35. The number of esters is 1. The van der Waals surface area contributed by atoms with E-state index in [1.807, 2.05) is 0 Å². The van der Waals surface area contributed by atoms with Gasteiger partial charge in [-0.05, 0) is 19.4 Å². The zero-order valence-electron chi connectivity index (χ0n) is 9.49. The molecule has 0 radical (unpaired) electrons. The second kappa shape index (κ2) is 6.92. The van der Waals surface area contributed by atoms with Crippen LogP contribution >= 0.6 is 0 Å². The molecule has 0 bridgehead atoms. The van der Waals surface area contributed by atoms with Gasteiger partial charge < -0.3 is 14.6 Å². The molecule has 1 N–H and O–H groups in total. The number of Topliss-reactive ketones (excluding diaryl/α,β-unsaturated/α-hetero) is 1. The maximum absolute atomic E-state index is 11.0. The Morgan fingerprint density at radius 1 is 1.25 bits per heavy atom. The van der Waals surface area contributed by atoms with E-state index >= 15 is 0 Å². The van der Waals surface area contributed by atoms with E-state index in [0.717, 1.165) is 0 Å². The van der Waals surface area contributed by atoms with Gasteiger partial charge in [0.2, 0.25) is 0 Å². The van der Waals surface area contributed by atoms with Crippen molar-refractivity contribution in [3.05, 3.63) is 24.3 Å². The first-order valence-corrected chi connectivity index (χ1v) is 4.65. The van der Waals surface area contributed by atoms with Gasteiger partial charge in [0, 0.05) is 5.57 Å². The average molecular weight is 228 g/mol. The molecule has 0 fully saturated rings.